The number of hydrogen-bond donors (Lipinski definition) is 2. The smallest absolute Gasteiger partial charge is 0.247 e. The SMILES string of the molecule is C=C(C)/C=C\C.CC.COc1cc(S(C)(=O)=O)ccc1Nc1nc2ccc(-c3ccc(NC(=O)C(C)c4ccc(F)cc4)cc3)cn2n1.O. The Balaban J connectivity index is 0.000000838. The lowest BCUT2D eigenvalue weighted by atomic mass is 10.00. The van der Waals surface area contributed by atoms with Crippen molar-refractivity contribution in [2.75, 3.05) is 24.0 Å². The van der Waals surface area contributed by atoms with E-state index in [-0.39, 0.29) is 22.1 Å². The minimum absolute atomic E-state index is 0. The summed E-state index contributed by atoms with van der Waals surface area (Å²) in [6, 6.07) is 21.6. The van der Waals surface area contributed by atoms with Crippen LogP contribution in [0, 0.1) is 5.82 Å². The van der Waals surface area contributed by atoms with Gasteiger partial charge in [0.25, 0.3) is 0 Å². The van der Waals surface area contributed by atoms with Crippen LogP contribution in [0.1, 0.15) is 46.1 Å². The molecule has 10 nitrogen and oxygen atoms in total. The predicted molar refractivity (Wildman–Crippen MR) is 196 cm³/mol. The van der Waals surface area contributed by atoms with Crippen molar-refractivity contribution >= 4 is 38.7 Å². The highest BCUT2D eigenvalue weighted by Crippen LogP contribution is 2.30. The minimum Gasteiger partial charge on any atom is -0.495 e. The number of rotatable bonds is 9. The zero-order valence-electron chi connectivity index (χ0n) is 28.8. The molecule has 5 rings (SSSR count). The van der Waals surface area contributed by atoms with Gasteiger partial charge in [0.1, 0.15) is 11.6 Å². The molecule has 0 saturated carbocycles. The highest BCUT2D eigenvalue weighted by Gasteiger charge is 2.16. The van der Waals surface area contributed by atoms with E-state index in [1.165, 1.54) is 31.4 Å². The Hall–Kier alpha value is -5.33. The summed E-state index contributed by atoms with van der Waals surface area (Å²) >= 11 is 0. The largest absolute Gasteiger partial charge is 0.495 e. The monoisotopic (exact) mass is 689 g/mol. The Morgan fingerprint density at radius 3 is 2.18 bits per heavy atom. The first kappa shape index (κ1) is 39.8. The molecule has 1 unspecified atom stereocenters. The van der Waals surface area contributed by atoms with Crippen LogP contribution in [0.2, 0.25) is 0 Å². The van der Waals surface area contributed by atoms with E-state index in [1.54, 1.807) is 29.6 Å². The molecule has 0 aliphatic rings. The molecule has 0 bridgehead atoms. The van der Waals surface area contributed by atoms with Crippen LogP contribution < -0.4 is 15.4 Å². The molecule has 0 saturated heterocycles. The van der Waals surface area contributed by atoms with Gasteiger partial charge in [-0.2, -0.15) is 4.98 Å². The van der Waals surface area contributed by atoms with Gasteiger partial charge in [0, 0.05) is 29.8 Å². The Bertz CT molecular complexity index is 1990. The summed E-state index contributed by atoms with van der Waals surface area (Å²) in [7, 11) is -1.92. The number of halogens is 1. The summed E-state index contributed by atoms with van der Waals surface area (Å²) in [6.45, 7) is 13.4. The fourth-order valence-corrected chi connectivity index (χ4v) is 5.05. The molecule has 0 aliphatic heterocycles. The highest BCUT2D eigenvalue weighted by molar-refractivity contribution is 7.90. The number of sulfone groups is 1. The zero-order chi connectivity index (χ0) is 35.4. The first-order valence-corrected chi connectivity index (χ1v) is 17.2. The third-order valence-electron chi connectivity index (χ3n) is 6.88. The Kier molecular flexibility index (Phi) is 14.9. The van der Waals surface area contributed by atoms with Gasteiger partial charge in [0.2, 0.25) is 11.9 Å². The summed E-state index contributed by atoms with van der Waals surface area (Å²) < 4.78 is 43.9. The molecular formula is C37H44FN5O5S. The van der Waals surface area contributed by atoms with Gasteiger partial charge in [-0.15, -0.1) is 5.10 Å². The van der Waals surface area contributed by atoms with Crippen LogP contribution in [0.25, 0.3) is 16.8 Å². The molecule has 3 aromatic carbocycles. The first-order valence-electron chi connectivity index (χ1n) is 15.3. The lowest BCUT2D eigenvalue weighted by Crippen LogP contribution is -2.18. The van der Waals surface area contributed by atoms with Crippen molar-refractivity contribution in [2.45, 2.75) is 45.4 Å². The number of carbonyl (C=O) groups excluding carboxylic acids is 1. The lowest BCUT2D eigenvalue weighted by molar-refractivity contribution is -0.117. The second-order valence-electron chi connectivity index (χ2n) is 10.6. The molecule has 0 radical (unpaired) electrons. The van der Waals surface area contributed by atoms with Crippen LogP contribution in [0.4, 0.5) is 21.7 Å². The van der Waals surface area contributed by atoms with Gasteiger partial charge in [0.05, 0.1) is 23.6 Å². The van der Waals surface area contributed by atoms with Gasteiger partial charge in [-0.05, 0) is 80.4 Å². The molecule has 12 heteroatoms. The van der Waals surface area contributed by atoms with Gasteiger partial charge in [-0.3, -0.25) is 4.79 Å². The number of methoxy groups -OCH3 is 1. The van der Waals surface area contributed by atoms with E-state index in [1.807, 2.05) is 82.4 Å². The average molecular weight is 690 g/mol. The number of amides is 1. The molecule has 5 aromatic rings. The number of nitrogens with one attached hydrogen (secondary N) is 2. The molecule has 2 aromatic heterocycles. The number of pyridine rings is 1. The van der Waals surface area contributed by atoms with E-state index in [2.05, 4.69) is 27.3 Å². The maximum Gasteiger partial charge on any atom is 0.247 e. The molecular weight excluding hydrogens is 646 g/mol. The molecule has 2 heterocycles. The van der Waals surface area contributed by atoms with Gasteiger partial charge in [-0.1, -0.05) is 62.4 Å². The van der Waals surface area contributed by atoms with Crippen molar-refractivity contribution in [3.63, 3.8) is 0 Å². The quantitative estimate of drug-likeness (QED) is 0.150. The third-order valence-corrected chi connectivity index (χ3v) is 7.99. The van der Waals surface area contributed by atoms with Gasteiger partial charge in [0.15, 0.2) is 15.5 Å². The summed E-state index contributed by atoms with van der Waals surface area (Å²) in [4.78, 5) is 17.3. The van der Waals surface area contributed by atoms with Crippen molar-refractivity contribution in [1.82, 2.24) is 14.6 Å². The number of ether oxygens (including phenoxy) is 1. The van der Waals surface area contributed by atoms with Crippen LogP contribution in [-0.4, -0.2) is 47.8 Å². The molecule has 4 N–H and O–H groups in total. The molecule has 1 atom stereocenters. The van der Waals surface area contributed by atoms with Crippen LogP contribution in [-0.2, 0) is 14.6 Å². The number of anilines is 3. The Morgan fingerprint density at radius 1 is 1.00 bits per heavy atom. The normalized spacial score (nSPS) is 11.3. The minimum atomic E-state index is -3.38. The summed E-state index contributed by atoms with van der Waals surface area (Å²) in [5.41, 5.74) is 5.42. The number of nitrogens with zero attached hydrogens (tertiary/aromatic N) is 3. The van der Waals surface area contributed by atoms with Crippen molar-refractivity contribution < 1.29 is 27.8 Å². The number of fused-ring (bicyclic) bond motifs is 1. The maximum absolute atomic E-state index is 13.2. The van der Waals surface area contributed by atoms with E-state index in [0.717, 1.165) is 28.5 Å². The molecule has 49 heavy (non-hydrogen) atoms. The van der Waals surface area contributed by atoms with Crippen molar-refractivity contribution in [2.24, 2.45) is 0 Å². The maximum atomic E-state index is 13.2. The molecule has 1 amide bonds. The standard InChI is InChI=1S/C29H26FN5O4S.C6H10.C2H6.H2O/c1-18(19-4-9-22(30)10-5-19)28(36)31-23-11-6-20(7-12-23)21-8-15-27-33-29(34-35(27)17-21)32-25-14-13-24(40(3,37)38)16-26(25)39-2;1-4-5-6(2)3;1-2;/h4-18H,1-3H3,(H,31,36)(H,32,34);4-5H,2H2,1,3H3;1-2H3;1H2/b;5-4-;;. The average Bonchev–Trinajstić information content (AvgIpc) is 3.47. The molecule has 0 spiro atoms. The van der Waals surface area contributed by atoms with Crippen LogP contribution >= 0.6 is 0 Å². The summed E-state index contributed by atoms with van der Waals surface area (Å²) in [5, 5.41) is 10.5. The van der Waals surface area contributed by atoms with Crippen LogP contribution in [0.5, 0.6) is 5.75 Å². The molecule has 260 valence electrons. The van der Waals surface area contributed by atoms with Gasteiger partial charge < -0.3 is 20.8 Å². The van der Waals surface area contributed by atoms with Crippen LogP contribution in [0.3, 0.4) is 0 Å². The second-order valence-corrected chi connectivity index (χ2v) is 12.6. The van der Waals surface area contributed by atoms with Crippen molar-refractivity contribution in [1.29, 1.82) is 0 Å². The zero-order valence-corrected chi connectivity index (χ0v) is 29.6. The molecule has 0 fully saturated rings. The van der Waals surface area contributed by atoms with Crippen molar-refractivity contribution in [3.8, 4) is 16.9 Å². The molecule has 0 aliphatic carbocycles. The third kappa shape index (κ3) is 11.1. The Morgan fingerprint density at radius 2 is 1.63 bits per heavy atom. The fraction of sp³-hybridized carbons (Fsp3) is 0.216. The fourth-order valence-electron chi connectivity index (χ4n) is 4.42. The second kappa shape index (κ2) is 18.3. The van der Waals surface area contributed by atoms with E-state index >= 15 is 0 Å². The number of carbonyl (C=O) groups is 1. The van der Waals surface area contributed by atoms with Gasteiger partial charge >= 0.3 is 0 Å². The Labute approximate surface area is 287 Å². The lowest BCUT2D eigenvalue weighted by Gasteiger charge is -2.13. The van der Waals surface area contributed by atoms with Crippen LogP contribution in [0.15, 0.2) is 114 Å². The van der Waals surface area contributed by atoms with E-state index < -0.39 is 15.8 Å². The van der Waals surface area contributed by atoms with E-state index in [0.29, 0.717) is 28.7 Å². The first-order chi connectivity index (χ1) is 22.9. The van der Waals surface area contributed by atoms with E-state index in [9.17, 15) is 17.6 Å². The number of aromatic nitrogens is 3. The number of hydrogen-bond acceptors (Lipinski definition) is 7. The summed E-state index contributed by atoms with van der Waals surface area (Å²) in [5.74, 6) is -0.302. The predicted octanol–water partition coefficient (Wildman–Crippen LogP) is 7.77. The highest BCUT2D eigenvalue weighted by atomic mass is 32.2. The summed E-state index contributed by atoms with van der Waals surface area (Å²) in [6.07, 6.45) is 6.92. The van der Waals surface area contributed by atoms with Crippen molar-refractivity contribution in [3.05, 3.63) is 121 Å². The van der Waals surface area contributed by atoms with E-state index in [4.69, 9.17) is 4.74 Å². The number of allylic oxidation sites excluding steroid dienone is 3. The van der Waals surface area contributed by atoms with Gasteiger partial charge in [-0.25, -0.2) is 17.3 Å². The topological polar surface area (TPSA) is 146 Å². The number of benzene rings is 3.